The van der Waals surface area contributed by atoms with Gasteiger partial charge in [0.25, 0.3) is 0 Å². The van der Waals surface area contributed by atoms with Crippen LogP contribution in [0.5, 0.6) is 11.5 Å². The zero-order valence-electron chi connectivity index (χ0n) is 17.0. The van der Waals surface area contributed by atoms with E-state index in [1.54, 1.807) is 14.2 Å². The van der Waals surface area contributed by atoms with Crippen LogP contribution >= 0.6 is 12.4 Å². The molecule has 29 heavy (non-hydrogen) atoms. The van der Waals surface area contributed by atoms with Crippen LogP contribution in [-0.2, 0) is 11.2 Å². The van der Waals surface area contributed by atoms with Gasteiger partial charge in [-0.15, -0.1) is 12.4 Å². The molecule has 1 amide bonds. The number of amides is 1. The van der Waals surface area contributed by atoms with E-state index in [-0.39, 0.29) is 30.3 Å². The van der Waals surface area contributed by atoms with Gasteiger partial charge < -0.3 is 19.7 Å². The largest absolute Gasteiger partial charge is 0.493 e. The minimum atomic E-state index is -0.0980. The molecule has 2 atom stereocenters. The van der Waals surface area contributed by atoms with Crippen molar-refractivity contribution in [3.8, 4) is 11.5 Å². The molecule has 0 bridgehead atoms. The minimum Gasteiger partial charge on any atom is -0.493 e. The summed E-state index contributed by atoms with van der Waals surface area (Å²) >= 11 is 0. The highest BCUT2D eigenvalue weighted by Gasteiger charge is 2.36. The average Bonchev–Trinajstić information content (AvgIpc) is 2.77. The molecule has 0 aliphatic carbocycles. The lowest BCUT2D eigenvalue weighted by Crippen LogP contribution is -2.47. The molecular weight excluding hydrogens is 388 g/mol. The van der Waals surface area contributed by atoms with Crippen molar-refractivity contribution in [1.82, 2.24) is 10.2 Å². The highest BCUT2D eigenvalue weighted by molar-refractivity contribution is 5.85. The van der Waals surface area contributed by atoms with Crippen molar-refractivity contribution in [2.75, 3.05) is 33.9 Å². The van der Waals surface area contributed by atoms with Crippen LogP contribution in [0.4, 0.5) is 0 Å². The number of halogens is 1. The first-order valence-electron chi connectivity index (χ1n) is 10.0. The van der Waals surface area contributed by atoms with Gasteiger partial charge in [0, 0.05) is 13.1 Å². The molecule has 2 aromatic rings. The van der Waals surface area contributed by atoms with Crippen molar-refractivity contribution in [2.24, 2.45) is 5.92 Å². The smallest absolute Gasteiger partial charge is 0.227 e. The number of hydrogen-bond donors (Lipinski definition) is 1. The van der Waals surface area contributed by atoms with Gasteiger partial charge >= 0.3 is 0 Å². The van der Waals surface area contributed by atoms with Crippen LogP contribution in [0.25, 0.3) is 0 Å². The standard InChI is InChI=1S/C23H28N2O3.ClH/c1-27-20-13-17-10-12-25(23(26)18-9-6-11-24-15-18)22(16-7-4-3-5-8-16)19(17)14-21(20)28-2;/h3-5,7-8,13-14,18,22,24H,6,9-12,15H2,1-2H3;1H. The fourth-order valence-electron chi connectivity index (χ4n) is 4.48. The van der Waals surface area contributed by atoms with Gasteiger partial charge in [0.2, 0.25) is 5.91 Å². The molecular formula is C23H29ClN2O3. The summed E-state index contributed by atoms with van der Waals surface area (Å²) in [6.07, 6.45) is 2.84. The van der Waals surface area contributed by atoms with E-state index in [9.17, 15) is 4.79 Å². The molecule has 1 fully saturated rings. The van der Waals surface area contributed by atoms with Crippen LogP contribution in [0.15, 0.2) is 42.5 Å². The SMILES string of the molecule is COc1cc2c(cc1OC)C(c1ccccc1)N(C(=O)C1CCCNC1)CC2.Cl. The Bertz CT molecular complexity index is 838. The molecule has 5 nitrogen and oxygen atoms in total. The molecule has 0 saturated carbocycles. The zero-order valence-corrected chi connectivity index (χ0v) is 17.8. The Morgan fingerprint density at radius 1 is 1.10 bits per heavy atom. The number of fused-ring (bicyclic) bond motifs is 1. The third-order valence-electron chi connectivity index (χ3n) is 5.92. The molecule has 0 aromatic heterocycles. The number of methoxy groups -OCH3 is 2. The molecule has 2 heterocycles. The van der Waals surface area contributed by atoms with Gasteiger partial charge in [0.15, 0.2) is 11.5 Å². The zero-order chi connectivity index (χ0) is 19.5. The van der Waals surface area contributed by atoms with Gasteiger partial charge in [-0.3, -0.25) is 4.79 Å². The Hall–Kier alpha value is -2.24. The van der Waals surface area contributed by atoms with Crippen molar-refractivity contribution >= 4 is 18.3 Å². The number of ether oxygens (including phenoxy) is 2. The maximum atomic E-state index is 13.5. The molecule has 1 N–H and O–H groups in total. The Morgan fingerprint density at radius 3 is 2.48 bits per heavy atom. The third-order valence-corrected chi connectivity index (χ3v) is 5.92. The number of carbonyl (C=O) groups excluding carboxylic acids is 1. The summed E-state index contributed by atoms with van der Waals surface area (Å²) < 4.78 is 11.1. The molecule has 2 aromatic carbocycles. The van der Waals surface area contributed by atoms with Crippen LogP contribution < -0.4 is 14.8 Å². The summed E-state index contributed by atoms with van der Waals surface area (Å²) in [5.74, 6) is 1.75. The summed E-state index contributed by atoms with van der Waals surface area (Å²) in [7, 11) is 3.31. The molecule has 0 radical (unpaired) electrons. The van der Waals surface area contributed by atoms with Crippen molar-refractivity contribution < 1.29 is 14.3 Å². The summed E-state index contributed by atoms with van der Waals surface area (Å²) in [4.78, 5) is 15.5. The van der Waals surface area contributed by atoms with Crippen molar-refractivity contribution in [2.45, 2.75) is 25.3 Å². The quantitative estimate of drug-likeness (QED) is 0.827. The number of carbonyl (C=O) groups is 1. The second-order valence-electron chi connectivity index (χ2n) is 7.54. The lowest BCUT2D eigenvalue weighted by molar-refractivity contribution is -0.138. The molecule has 2 aliphatic heterocycles. The predicted molar refractivity (Wildman–Crippen MR) is 116 cm³/mol. The van der Waals surface area contributed by atoms with Crippen LogP contribution in [-0.4, -0.2) is 44.7 Å². The number of nitrogens with zero attached hydrogens (tertiary/aromatic N) is 1. The van der Waals surface area contributed by atoms with E-state index < -0.39 is 0 Å². The van der Waals surface area contributed by atoms with Crippen LogP contribution in [0, 0.1) is 5.92 Å². The van der Waals surface area contributed by atoms with Gasteiger partial charge in [-0.2, -0.15) is 0 Å². The van der Waals surface area contributed by atoms with Gasteiger partial charge in [-0.1, -0.05) is 30.3 Å². The lowest BCUT2D eigenvalue weighted by atomic mass is 9.86. The van der Waals surface area contributed by atoms with Gasteiger partial charge in [-0.25, -0.2) is 0 Å². The maximum absolute atomic E-state index is 13.5. The van der Waals surface area contributed by atoms with E-state index in [0.29, 0.717) is 5.75 Å². The Labute approximate surface area is 178 Å². The molecule has 2 unspecified atom stereocenters. The van der Waals surface area contributed by atoms with Gasteiger partial charge in [0.1, 0.15) is 0 Å². The second-order valence-corrected chi connectivity index (χ2v) is 7.54. The van der Waals surface area contributed by atoms with E-state index in [4.69, 9.17) is 9.47 Å². The van der Waals surface area contributed by atoms with Gasteiger partial charge in [0.05, 0.1) is 26.2 Å². The van der Waals surface area contributed by atoms with E-state index in [2.05, 4.69) is 28.4 Å². The number of piperidine rings is 1. The van der Waals surface area contributed by atoms with Crippen molar-refractivity contribution in [1.29, 1.82) is 0 Å². The second kappa shape index (κ2) is 9.51. The Kier molecular flexibility index (Phi) is 7.04. The Balaban J connectivity index is 0.00000240. The van der Waals surface area contributed by atoms with E-state index in [0.717, 1.165) is 55.8 Å². The first kappa shape index (κ1) is 21.5. The number of hydrogen-bond acceptors (Lipinski definition) is 4. The summed E-state index contributed by atoms with van der Waals surface area (Å²) in [5, 5.41) is 3.38. The molecule has 1 saturated heterocycles. The number of benzene rings is 2. The molecule has 2 aliphatic rings. The highest BCUT2D eigenvalue weighted by atomic mass is 35.5. The molecule has 0 spiro atoms. The maximum Gasteiger partial charge on any atom is 0.227 e. The Morgan fingerprint density at radius 2 is 1.83 bits per heavy atom. The summed E-state index contributed by atoms with van der Waals surface area (Å²) in [5.41, 5.74) is 3.48. The van der Waals surface area contributed by atoms with Gasteiger partial charge in [-0.05, 0) is 54.6 Å². The van der Waals surface area contributed by atoms with Crippen LogP contribution in [0.2, 0.25) is 0 Å². The lowest BCUT2D eigenvalue weighted by Gasteiger charge is -2.40. The average molecular weight is 417 g/mol. The minimum absolute atomic E-state index is 0. The predicted octanol–water partition coefficient (Wildman–Crippen LogP) is 3.60. The van der Waals surface area contributed by atoms with Crippen molar-refractivity contribution in [3.05, 3.63) is 59.2 Å². The normalized spacial score (nSPS) is 21.0. The van der Waals surface area contributed by atoms with E-state index in [1.807, 2.05) is 24.3 Å². The first-order valence-corrected chi connectivity index (χ1v) is 10.0. The van der Waals surface area contributed by atoms with Crippen molar-refractivity contribution in [3.63, 3.8) is 0 Å². The molecule has 4 rings (SSSR count). The fraction of sp³-hybridized carbons (Fsp3) is 0.435. The number of nitrogens with one attached hydrogen (secondary N) is 1. The molecule has 156 valence electrons. The van der Waals surface area contributed by atoms with E-state index in [1.165, 1.54) is 5.56 Å². The topological polar surface area (TPSA) is 50.8 Å². The van der Waals surface area contributed by atoms with Crippen LogP contribution in [0.3, 0.4) is 0 Å². The fourth-order valence-corrected chi connectivity index (χ4v) is 4.48. The van der Waals surface area contributed by atoms with E-state index >= 15 is 0 Å². The molecule has 6 heteroatoms. The number of rotatable bonds is 4. The highest BCUT2D eigenvalue weighted by Crippen LogP contribution is 2.41. The van der Waals surface area contributed by atoms with Crippen LogP contribution in [0.1, 0.15) is 35.6 Å². The first-order chi connectivity index (χ1) is 13.7. The summed E-state index contributed by atoms with van der Waals surface area (Å²) in [6, 6.07) is 14.3. The monoisotopic (exact) mass is 416 g/mol. The summed E-state index contributed by atoms with van der Waals surface area (Å²) in [6.45, 7) is 2.50. The third kappa shape index (κ3) is 4.21.